The number of nitrogens with one attached hydrogen (secondary N) is 1. The smallest absolute Gasteiger partial charge is 0.313 e. The summed E-state index contributed by atoms with van der Waals surface area (Å²) in [6, 6.07) is 5.66. The van der Waals surface area contributed by atoms with Gasteiger partial charge in [0.1, 0.15) is 12.2 Å². The maximum atomic E-state index is 12.4. The molecule has 26 heavy (non-hydrogen) atoms. The molecular weight excluding hydrogens is 360 g/mol. The molecule has 136 valence electrons. The van der Waals surface area contributed by atoms with Gasteiger partial charge in [0.2, 0.25) is 0 Å². The van der Waals surface area contributed by atoms with Gasteiger partial charge in [-0.15, -0.1) is 0 Å². The number of nitrogens with zero attached hydrogens (tertiary/aromatic N) is 3. The van der Waals surface area contributed by atoms with Gasteiger partial charge in [0, 0.05) is 24.0 Å². The van der Waals surface area contributed by atoms with Crippen LogP contribution in [0.5, 0.6) is 0 Å². The van der Waals surface area contributed by atoms with E-state index in [1.54, 1.807) is 13.2 Å². The average molecular weight is 376 g/mol. The fourth-order valence-electron chi connectivity index (χ4n) is 2.00. The highest BCUT2D eigenvalue weighted by atomic mass is 32.2. The van der Waals surface area contributed by atoms with Crippen molar-refractivity contribution in [3.63, 3.8) is 0 Å². The third-order valence-electron chi connectivity index (χ3n) is 3.20. The Hall–Kier alpha value is -3.01. The fourth-order valence-corrected chi connectivity index (χ4v) is 2.35. The minimum absolute atomic E-state index is 0.0540. The monoisotopic (exact) mass is 376 g/mol. The lowest BCUT2D eigenvalue weighted by molar-refractivity contribution is -0.384. The van der Waals surface area contributed by atoms with Gasteiger partial charge in [-0.1, -0.05) is 11.8 Å². The van der Waals surface area contributed by atoms with Crippen LogP contribution in [0.2, 0.25) is 0 Å². The largest absolute Gasteiger partial charge is 0.466 e. The predicted molar refractivity (Wildman–Crippen MR) is 95.8 cm³/mol. The first-order chi connectivity index (χ1) is 12.4. The molecule has 9 nitrogen and oxygen atoms in total. The number of nitro benzene ring substituents is 1. The van der Waals surface area contributed by atoms with Crippen molar-refractivity contribution in [1.82, 2.24) is 9.97 Å². The van der Waals surface area contributed by atoms with Crippen LogP contribution >= 0.6 is 11.8 Å². The van der Waals surface area contributed by atoms with Crippen molar-refractivity contribution < 1.29 is 19.2 Å². The van der Waals surface area contributed by atoms with Crippen LogP contribution in [0.4, 0.5) is 17.2 Å². The van der Waals surface area contributed by atoms with Crippen molar-refractivity contribution in [3.05, 3.63) is 46.1 Å². The third-order valence-corrected chi connectivity index (χ3v) is 3.76. The molecule has 0 aliphatic rings. The molecule has 1 heterocycles. The van der Waals surface area contributed by atoms with Crippen LogP contribution in [0, 0.1) is 10.1 Å². The summed E-state index contributed by atoms with van der Waals surface area (Å²) in [4.78, 5) is 42.5. The molecule has 0 fully saturated rings. The summed E-state index contributed by atoms with van der Waals surface area (Å²) in [5.74, 6) is -0.902. The highest BCUT2D eigenvalue weighted by molar-refractivity contribution is 7.98. The number of nitro groups is 1. The van der Waals surface area contributed by atoms with Crippen molar-refractivity contribution >= 4 is 40.7 Å². The highest BCUT2D eigenvalue weighted by Crippen LogP contribution is 2.24. The van der Waals surface area contributed by atoms with E-state index < -0.39 is 23.1 Å². The summed E-state index contributed by atoms with van der Waals surface area (Å²) in [5, 5.41) is 14.1. The minimum atomic E-state index is -0.632. The van der Waals surface area contributed by atoms with Crippen LogP contribution < -0.4 is 5.32 Å². The van der Waals surface area contributed by atoms with Crippen molar-refractivity contribution in [2.24, 2.45) is 0 Å². The Morgan fingerprint density at radius 1 is 1.31 bits per heavy atom. The molecule has 1 aromatic carbocycles. The van der Waals surface area contributed by atoms with Crippen LogP contribution in [0.15, 0.2) is 35.6 Å². The zero-order valence-corrected chi connectivity index (χ0v) is 14.9. The van der Waals surface area contributed by atoms with Crippen LogP contribution in [0.25, 0.3) is 0 Å². The van der Waals surface area contributed by atoms with E-state index in [-0.39, 0.29) is 23.7 Å². The Kier molecular flexibility index (Phi) is 6.61. The van der Waals surface area contributed by atoms with E-state index in [0.29, 0.717) is 10.8 Å². The first-order valence-corrected chi connectivity index (χ1v) is 8.78. The first-order valence-electron chi connectivity index (χ1n) is 7.56. The van der Waals surface area contributed by atoms with E-state index in [9.17, 15) is 19.7 Å². The summed E-state index contributed by atoms with van der Waals surface area (Å²) in [6.07, 6.45) is 2.70. The van der Waals surface area contributed by atoms with Crippen LogP contribution in [0.1, 0.15) is 23.7 Å². The molecule has 0 saturated heterocycles. The van der Waals surface area contributed by atoms with E-state index in [1.807, 2.05) is 0 Å². The lowest BCUT2D eigenvalue weighted by Gasteiger charge is -2.11. The molecule has 0 amide bonds. The molecule has 0 spiro atoms. The lowest BCUT2D eigenvalue weighted by Crippen LogP contribution is -2.14. The molecule has 0 bridgehead atoms. The van der Waals surface area contributed by atoms with Crippen molar-refractivity contribution in [2.75, 3.05) is 18.2 Å². The van der Waals surface area contributed by atoms with Gasteiger partial charge >= 0.3 is 5.97 Å². The van der Waals surface area contributed by atoms with Crippen molar-refractivity contribution in [3.8, 4) is 0 Å². The van der Waals surface area contributed by atoms with Gasteiger partial charge < -0.3 is 10.1 Å². The standard InChI is InChI=1S/C16H16N4O5S/c1-3-25-14(22)8-13(21)12-9-17-16(26-2)19-15(12)18-10-4-6-11(7-5-10)20(23)24/h4-7,9H,3,8H2,1-2H3,(H,17,18,19). The molecule has 0 radical (unpaired) electrons. The molecule has 0 aliphatic heterocycles. The normalized spacial score (nSPS) is 10.2. The van der Waals surface area contributed by atoms with Crippen LogP contribution in [0.3, 0.4) is 0 Å². The number of carbonyl (C=O) groups excluding carboxylic acids is 2. The molecule has 2 rings (SSSR count). The van der Waals surface area contributed by atoms with Gasteiger partial charge in [0.25, 0.3) is 5.69 Å². The van der Waals surface area contributed by atoms with Gasteiger partial charge in [0.15, 0.2) is 10.9 Å². The highest BCUT2D eigenvalue weighted by Gasteiger charge is 2.19. The number of esters is 1. The summed E-state index contributed by atoms with van der Waals surface area (Å²) in [6.45, 7) is 1.84. The number of non-ortho nitro benzene ring substituents is 1. The number of Topliss-reactive ketones (excluding diaryl/α,β-unsaturated/α-hetero) is 1. The van der Waals surface area contributed by atoms with Gasteiger partial charge in [-0.3, -0.25) is 19.7 Å². The SMILES string of the molecule is CCOC(=O)CC(=O)c1cnc(SC)nc1Nc1ccc([N+](=O)[O-])cc1. The molecular formula is C16H16N4O5S. The third kappa shape index (κ3) is 4.99. The van der Waals surface area contributed by atoms with E-state index >= 15 is 0 Å². The molecule has 2 aromatic rings. The molecule has 0 atom stereocenters. The van der Waals surface area contributed by atoms with Crippen LogP contribution in [-0.2, 0) is 9.53 Å². The topological polar surface area (TPSA) is 124 Å². The number of thioether (sulfide) groups is 1. The van der Waals surface area contributed by atoms with E-state index in [2.05, 4.69) is 15.3 Å². The fraction of sp³-hybridized carbons (Fsp3) is 0.250. The van der Waals surface area contributed by atoms with E-state index in [0.717, 1.165) is 0 Å². The number of hydrogen-bond donors (Lipinski definition) is 1. The minimum Gasteiger partial charge on any atom is -0.466 e. The molecule has 0 aliphatic carbocycles. The Morgan fingerprint density at radius 3 is 2.58 bits per heavy atom. The van der Waals surface area contributed by atoms with Crippen molar-refractivity contribution in [2.45, 2.75) is 18.5 Å². The molecule has 0 saturated carbocycles. The predicted octanol–water partition coefficient (Wildman–Crippen LogP) is 2.99. The zero-order valence-electron chi connectivity index (χ0n) is 14.1. The second kappa shape index (κ2) is 8.90. The summed E-state index contributed by atoms with van der Waals surface area (Å²) < 4.78 is 4.78. The maximum Gasteiger partial charge on any atom is 0.313 e. The Balaban J connectivity index is 2.28. The summed E-state index contributed by atoms with van der Waals surface area (Å²) in [7, 11) is 0. The molecule has 1 aromatic heterocycles. The second-order valence-electron chi connectivity index (χ2n) is 4.95. The molecule has 1 N–H and O–H groups in total. The number of hydrogen-bond acceptors (Lipinski definition) is 9. The average Bonchev–Trinajstić information content (AvgIpc) is 2.62. The first kappa shape index (κ1) is 19.3. The Bertz CT molecular complexity index is 826. The lowest BCUT2D eigenvalue weighted by atomic mass is 10.1. The van der Waals surface area contributed by atoms with E-state index in [4.69, 9.17) is 4.74 Å². The van der Waals surface area contributed by atoms with Gasteiger partial charge in [-0.2, -0.15) is 0 Å². The number of anilines is 2. The van der Waals surface area contributed by atoms with Crippen LogP contribution in [-0.4, -0.2) is 39.5 Å². The Morgan fingerprint density at radius 2 is 2.00 bits per heavy atom. The van der Waals surface area contributed by atoms with Gasteiger partial charge in [-0.25, -0.2) is 9.97 Å². The quantitative estimate of drug-likeness (QED) is 0.141. The number of benzene rings is 1. The molecule has 0 unspecified atom stereocenters. The molecule has 10 heteroatoms. The summed E-state index contributed by atoms with van der Waals surface area (Å²) >= 11 is 1.29. The maximum absolute atomic E-state index is 12.4. The number of ether oxygens (including phenoxy) is 1. The Labute approximate surface area is 153 Å². The van der Waals surface area contributed by atoms with Gasteiger partial charge in [0.05, 0.1) is 17.1 Å². The number of rotatable bonds is 8. The zero-order chi connectivity index (χ0) is 19.1. The number of ketones is 1. The van der Waals surface area contributed by atoms with Crippen molar-refractivity contribution in [1.29, 1.82) is 0 Å². The summed E-state index contributed by atoms with van der Waals surface area (Å²) in [5.41, 5.74) is 0.586. The van der Waals surface area contributed by atoms with Gasteiger partial charge in [-0.05, 0) is 25.3 Å². The number of carbonyl (C=O) groups is 2. The second-order valence-corrected chi connectivity index (χ2v) is 5.73. The van der Waals surface area contributed by atoms with E-state index in [1.165, 1.54) is 42.2 Å². The number of aromatic nitrogens is 2.